The summed E-state index contributed by atoms with van der Waals surface area (Å²) in [6.07, 6.45) is 2.58. The number of carbonyl (C=O) groups is 4. The van der Waals surface area contributed by atoms with Crippen LogP contribution in [0.1, 0.15) is 41.6 Å². The van der Waals surface area contributed by atoms with E-state index in [2.05, 4.69) is 0 Å². The van der Waals surface area contributed by atoms with Gasteiger partial charge in [-0.05, 0) is 43.0 Å². The predicted molar refractivity (Wildman–Crippen MR) is 119 cm³/mol. The molecular weight excluding hydrogens is 422 g/mol. The minimum atomic E-state index is -1.53. The van der Waals surface area contributed by atoms with E-state index in [4.69, 9.17) is 4.74 Å². The molecule has 1 saturated carbocycles. The van der Waals surface area contributed by atoms with Crippen molar-refractivity contribution < 1.29 is 23.9 Å². The molecular formula is C25H23N3O5. The van der Waals surface area contributed by atoms with Crippen LogP contribution >= 0.6 is 0 Å². The zero-order chi connectivity index (χ0) is 22.7. The Bertz CT molecular complexity index is 1210. The highest BCUT2D eigenvalue weighted by molar-refractivity contribution is 6.16. The number of fused-ring (bicyclic) bond motifs is 4. The Balaban J connectivity index is 1.31. The molecule has 2 aromatic carbocycles. The van der Waals surface area contributed by atoms with Crippen LogP contribution in [0.2, 0.25) is 0 Å². The summed E-state index contributed by atoms with van der Waals surface area (Å²) in [5.41, 5.74) is 1.22. The summed E-state index contributed by atoms with van der Waals surface area (Å²) >= 11 is 0. The minimum absolute atomic E-state index is 0.118. The second-order valence-electron chi connectivity index (χ2n) is 8.97. The fraction of sp³-hybridized carbons (Fsp3) is 0.360. The van der Waals surface area contributed by atoms with Crippen LogP contribution in [0.5, 0.6) is 0 Å². The second-order valence-corrected chi connectivity index (χ2v) is 8.97. The number of hydrogen-bond donors (Lipinski definition) is 0. The van der Waals surface area contributed by atoms with Crippen LogP contribution in [0, 0.1) is 0 Å². The van der Waals surface area contributed by atoms with Crippen molar-refractivity contribution in [3.63, 3.8) is 0 Å². The third-order valence-electron chi connectivity index (χ3n) is 7.05. The van der Waals surface area contributed by atoms with Gasteiger partial charge in [-0.3, -0.25) is 19.3 Å². The Morgan fingerprint density at radius 2 is 1.70 bits per heavy atom. The minimum Gasteiger partial charge on any atom is -0.452 e. The molecule has 2 aromatic rings. The molecule has 3 amide bonds. The lowest BCUT2D eigenvalue weighted by Crippen LogP contribution is -2.69. The van der Waals surface area contributed by atoms with E-state index in [1.807, 2.05) is 24.3 Å². The van der Waals surface area contributed by atoms with E-state index in [9.17, 15) is 19.2 Å². The Kier molecular flexibility index (Phi) is 4.33. The Hall–Kier alpha value is -3.68. The highest BCUT2D eigenvalue weighted by Gasteiger charge is 2.64. The highest BCUT2D eigenvalue weighted by atomic mass is 16.5. The van der Waals surface area contributed by atoms with Gasteiger partial charge in [0.25, 0.3) is 11.8 Å². The summed E-state index contributed by atoms with van der Waals surface area (Å²) < 4.78 is 5.58. The number of amides is 3. The molecule has 3 heterocycles. The zero-order valence-corrected chi connectivity index (χ0v) is 18.0. The zero-order valence-electron chi connectivity index (χ0n) is 18.0. The monoisotopic (exact) mass is 445 g/mol. The van der Waals surface area contributed by atoms with Crippen LogP contribution < -0.4 is 9.80 Å². The molecule has 8 nitrogen and oxygen atoms in total. The van der Waals surface area contributed by atoms with Crippen molar-refractivity contribution in [3.05, 3.63) is 59.7 Å². The van der Waals surface area contributed by atoms with Gasteiger partial charge in [0.15, 0.2) is 6.61 Å². The largest absolute Gasteiger partial charge is 0.452 e. The normalized spacial score (nSPS) is 23.3. The number of nitrogens with zero attached hydrogens (tertiary/aromatic N) is 3. The van der Waals surface area contributed by atoms with Crippen molar-refractivity contribution in [3.8, 4) is 0 Å². The molecule has 1 atom stereocenters. The molecule has 0 aromatic heterocycles. The van der Waals surface area contributed by atoms with Crippen LogP contribution in [0.3, 0.4) is 0 Å². The number of rotatable bonds is 4. The van der Waals surface area contributed by atoms with Crippen molar-refractivity contribution >= 4 is 35.1 Å². The molecule has 6 rings (SSSR count). The number of benzene rings is 2. The van der Waals surface area contributed by atoms with Gasteiger partial charge in [-0.25, -0.2) is 4.79 Å². The van der Waals surface area contributed by atoms with E-state index in [-0.39, 0.29) is 36.6 Å². The molecule has 2 fully saturated rings. The highest BCUT2D eigenvalue weighted by Crippen LogP contribution is 2.49. The number of hydrogen-bond acceptors (Lipinski definition) is 5. The van der Waals surface area contributed by atoms with E-state index in [0.29, 0.717) is 17.8 Å². The van der Waals surface area contributed by atoms with Gasteiger partial charge in [-0.1, -0.05) is 30.3 Å². The maximum Gasteiger partial charge on any atom is 0.354 e. The van der Waals surface area contributed by atoms with E-state index < -0.39 is 18.2 Å². The Morgan fingerprint density at radius 1 is 0.970 bits per heavy atom. The smallest absolute Gasteiger partial charge is 0.354 e. The first kappa shape index (κ1) is 20.0. The fourth-order valence-electron chi connectivity index (χ4n) is 5.43. The number of esters is 1. The van der Waals surface area contributed by atoms with Gasteiger partial charge in [0.1, 0.15) is 0 Å². The SMILES string of the molecule is O=C(COC(=O)C12CCC(=O)N1c1ccccc1C(=O)N2C1CC1)N1CCc2ccccc21. The van der Waals surface area contributed by atoms with Crippen molar-refractivity contribution in [1.82, 2.24) is 4.90 Å². The van der Waals surface area contributed by atoms with Crippen molar-refractivity contribution in [2.75, 3.05) is 23.0 Å². The lowest BCUT2D eigenvalue weighted by Gasteiger charge is -2.48. The standard InChI is InChI=1S/C25H23N3O5/c29-21-11-13-25(24(32)33-15-22(30)26-14-12-16-5-1-3-7-19(16)26)27(17-9-10-17)23(31)18-6-2-4-8-20(18)28(21)25/h1-8,17H,9-15H2. The summed E-state index contributed by atoms with van der Waals surface area (Å²) in [5.74, 6) is -1.53. The summed E-state index contributed by atoms with van der Waals surface area (Å²) in [6.45, 7) is 0.0941. The predicted octanol–water partition coefficient (Wildman–Crippen LogP) is 2.26. The molecule has 1 unspecified atom stereocenters. The van der Waals surface area contributed by atoms with E-state index in [1.54, 1.807) is 29.2 Å². The third-order valence-corrected chi connectivity index (χ3v) is 7.05. The average Bonchev–Trinajstić information content (AvgIpc) is 3.47. The lowest BCUT2D eigenvalue weighted by atomic mass is 9.96. The van der Waals surface area contributed by atoms with Crippen molar-refractivity contribution in [2.24, 2.45) is 0 Å². The van der Waals surface area contributed by atoms with Gasteiger partial charge >= 0.3 is 5.97 Å². The molecule has 1 saturated heterocycles. The summed E-state index contributed by atoms with van der Waals surface area (Å²) in [4.78, 5) is 57.6. The molecule has 0 radical (unpaired) electrons. The number of anilines is 2. The summed E-state index contributed by atoms with van der Waals surface area (Å²) in [5, 5.41) is 0. The van der Waals surface area contributed by atoms with Gasteiger partial charge in [-0.2, -0.15) is 0 Å². The molecule has 0 N–H and O–H groups in total. The first-order chi connectivity index (χ1) is 16.0. The van der Waals surface area contributed by atoms with E-state index in [1.165, 1.54) is 9.80 Å². The van der Waals surface area contributed by atoms with Crippen LogP contribution in [-0.4, -0.2) is 53.4 Å². The van der Waals surface area contributed by atoms with Crippen LogP contribution in [0.25, 0.3) is 0 Å². The van der Waals surface area contributed by atoms with Gasteiger partial charge in [0.05, 0.1) is 11.3 Å². The number of carbonyl (C=O) groups excluding carboxylic acids is 4. The van der Waals surface area contributed by atoms with E-state index >= 15 is 0 Å². The fourth-order valence-corrected chi connectivity index (χ4v) is 5.43. The van der Waals surface area contributed by atoms with Gasteiger partial charge < -0.3 is 14.5 Å². The molecule has 3 aliphatic heterocycles. The van der Waals surface area contributed by atoms with Gasteiger partial charge in [-0.15, -0.1) is 0 Å². The number of ether oxygens (including phenoxy) is 1. The average molecular weight is 445 g/mol. The second kappa shape index (κ2) is 7.16. The van der Waals surface area contributed by atoms with Crippen LogP contribution in [-0.2, 0) is 25.5 Å². The van der Waals surface area contributed by atoms with Gasteiger partial charge in [0, 0.05) is 31.1 Å². The van der Waals surface area contributed by atoms with Crippen molar-refractivity contribution in [2.45, 2.75) is 43.8 Å². The quantitative estimate of drug-likeness (QED) is 0.674. The van der Waals surface area contributed by atoms with Gasteiger partial charge in [0.2, 0.25) is 11.6 Å². The molecule has 0 spiro atoms. The summed E-state index contributed by atoms with van der Waals surface area (Å²) in [6, 6.07) is 14.4. The van der Waals surface area contributed by atoms with Crippen LogP contribution in [0.4, 0.5) is 11.4 Å². The molecule has 4 aliphatic rings. The third kappa shape index (κ3) is 2.83. The maximum absolute atomic E-state index is 13.6. The Labute approximate surface area is 190 Å². The van der Waals surface area contributed by atoms with Crippen LogP contribution in [0.15, 0.2) is 48.5 Å². The molecule has 168 valence electrons. The van der Waals surface area contributed by atoms with Crippen molar-refractivity contribution in [1.29, 1.82) is 0 Å². The topological polar surface area (TPSA) is 87.2 Å². The molecule has 8 heteroatoms. The maximum atomic E-state index is 13.6. The first-order valence-corrected chi connectivity index (χ1v) is 11.3. The van der Waals surface area contributed by atoms with E-state index in [0.717, 1.165) is 30.5 Å². The first-order valence-electron chi connectivity index (χ1n) is 11.3. The Morgan fingerprint density at radius 3 is 2.48 bits per heavy atom. The lowest BCUT2D eigenvalue weighted by molar-refractivity contribution is -0.160. The number of para-hydroxylation sites is 2. The molecule has 1 aliphatic carbocycles. The molecule has 0 bridgehead atoms. The molecule has 33 heavy (non-hydrogen) atoms. The summed E-state index contributed by atoms with van der Waals surface area (Å²) in [7, 11) is 0.